The fourth-order valence-electron chi connectivity index (χ4n) is 1.78. The van der Waals surface area contributed by atoms with Crippen molar-refractivity contribution >= 4 is 11.6 Å². The van der Waals surface area contributed by atoms with E-state index in [1.807, 2.05) is 18.2 Å². The van der Waals surface area contributed by atoms with Crippen molar-refractivity contribution in [3.63, 3.8) is 0 Å². The zero-order valence-corrected chi connectivity index (χ0v) is 10.5. The molecule has 0 spiro atoms. The molecule has 0 saturated heterocycles. The Morgan fingerprint density at radius 1 is 1.05 bits per heavy atom. The molecular weight excluding hydrogens is 240 g/mol. The molecule has 1 amide bonds. The van der Waals surface area contributed by atoms with E-state index in [0.29, 0.717) is 17.8 Å². The summed E-state index contributed by atoms with van der Waals surface area (Å²) in [6.07, 6.45) is 0.152. The normalized spacial score (nSPS) is 10.1. The molecule has 0 fully saturated rings. The molecule has 0 unspecified atom stereocenters. The Morgan fingerprint density at radius 3 is 2.37 bits per heavy atom. The molecule has 4 nitrogen and oxygen atoms in total. The minimum Gasteiger partial charge on any atom is -0.508 e. The third kappa shape index (κ3) is 3.48. The van der Waals surface area contributed by atoms with E-state index in [9.17, 15) is 9.90 Å². The number of carbonyl (C=O) groups is 1. The van der Waals surface area contributed by atoms with Crippen LogP contribution >= 0.6 is 0 Å². The Hall–Kier alpha value is -2.49. The molecule has 0 bridgehead atoms. The van der Waals surface area contributed by atoms with Crippen LogP contribution in [0.15, 0.2) is 48.5 Å². The van der Waals surface area contributed by atoms with Crippen molar-refractivity contribution in [3.8, 4) is 5.75 Å². The van der Waals surface area contributed by atoms with Crippen LogP contribution in [-0.4, -0.2) is 11.0 Å². The van der Waals surface area contributed by atoms with E-state index >= 15 is 0 Å². The van der Waals surface area contributed by atoms with E-state index in [-0.39, 0.29) is 18.1 Å². The predicted molar refractivity (Wildman–Crippen MR) is 74.5 cm³/mol. The van der Waals surface area contributed by atoms with Gasteiger partial charge in [0, 0.05) is 17.8 Å². The van der Waals surface area contributed by atoms with Crippen molar-refractivity contribution in [2.45, 2.75) is 13.0 Å². The number of carbonyl (C=O) groups excluding carboxylic acids is 1. The second kappa shape index (κ2) is 5.91. The fraction of sp³-hybridized carbons (Fsp3) is 0.133. The first kappa shape index (κ1) is 13.0. The summed E-state index contributed by atoms with van der Waals surface area (Å²) in [6.45, 7) is 0.388. The average molecular weight is 256 g/mol. The molecule has 4 heteroatoms. The molecule has 98 valence electrons. The van der Waals surface area contributed by atoms with Gasteiger partial charge in [-0.3, -0.25) is 4.79 Å². The van der Waals surface area contributed by atoms with Crippen LogP contribution in [0.2, 0.25) is 0 Å². The number of aromatic hydroxyl groups is 1. The van der Waals surface area contributed by atoms with Gasteiger partial charge in [-0.05, 0) is 17.7 Å². The Balaban J connectivity index is 1.92. The molecule has 0 aliphatic rings. The van der Waals surface area contributed by atoms with Crippen molar-refractivity contribution in [1.29, 1.82) is 0 Å². The first-order valence-corrected chi connectivity index (χ1v) is 6.04. The number of hydrogen-bond acceptors (Lipinski definition) is 3. The largest absolute Gasteiger partial charge is 0.508 e. The average Bonchev–Trinajstić information content (AvgIpc) is 2.40. The number of anilines is 1. The Morgan fingerprint density at radius 2 is 1.68 bits per heavy atom. The summed E-state index contributed by atoms with van der Waals surface area (Å²) < 4.78 is 0. The lowest BCUT2D eigenvalue weighted by atomic mass is 10.1. The number of amides is 1. The van der Waals surface area contributed by atoms with Crippen LogP contribution in [0.1, 0.15) is 11.1 Å². The quantitative estimate of drug-likeness (QED) is 0.730. The van der Waals surface area contributed by atoms with Crippen molar-refractivity contribution in [3.05, 3.63) is 59.7 Å². The fourth-order valence-corrected chi connectivity index (χ4v) is 1.78. The molecular formula is C15H16N2O2. The van der Waals surface area contributed by atoms with E-state index in [1.165, 1.54) is 0 Å². The minimum absolute atomic E-state index is 0.136. The highest BCUT2D eigenvalue weighted by Crippen LogP contribution is 2.16. The van der Waals surface area contributed by atoms with E-state index < -0.39 is 0 Å². The third-order valence-electron chi connectivity index (χ3n) is 2.87. The number of nitrogens with one attached hydrogen (secondary N) is 1. The molecule has 0 aromatic heterocycles. The highest BCUT2D eigenvalue weighted by atomic mass is 16.3. The second-order valence-corrected chi connectivity index (χ2v) is 4.28. The molecule has 2 rings (SSSR count). The van der Waals surface area contributed by atoms with Crippen molar-refractivity contribution in [1.82, 2.24) is 5.32 Å². The van der Waals surface area contributed by atoms with Gasteiger partial charge < -0.3 is 16.2 Å². The summed E-state index contributed by atoms with van der Waals surface area (Å²) >= 11 is 0. The molecule has 19 heavy (non-hydrogen) atoms. The minimum atomic E-state index is -0.148. The number of hydrogen-bond donors (Lipinski definition) is 3. The number of benzene rings is 2. The monoisotopic (exact) mass is 256 g/mol. The molecule has 2 aromatic rings. The van der Waals surface area contributed by atoms with E-state index in [4.69, 9.17) is 5.73 Å². The zero-order valence-electron chi connectivity index (χ0n) is 10.5. The van der Waals surface area contributed by atoms with Gasteiger partial charge in [0.25, 0.3) is 0 Å². The maximum atomic E-state index is 11.8. The van der Waals surface area contributed by atoms with Gasteiger partial charge in [0.2, 0.25) is 5.91 Å². The standard InChI is InChI=1S/C15H16N2O2/c16-13-7-3-1-6-12(13)10-17-15(19)9-11-5-2-4-8-14(11)18/h1-8,18H,9-10,16H2,(H,17,19). The third-order valence-corrected chi connectivity index (χ3v) is 2.87. The Kier molecular flexibility index (Phi) is 4.03. The molecule has 0 aliphatic heterocycles. The van der Waals surface area contributed by atoms with Crippen LogP contribution in [0.25, 0.3) is 0 Å². The topological polar surface area (TPSA) is 75.3 Å². The number of nitrogen functional groups attached to an aromatic ring is 1. The summed E-state index contributed by atoms with van der Waals surface area (Å²) in [7, 11) is 0. The summed E-state index contributed by atoms with van der Waals surface area (Å²) in [5.41, 5.74) is 7.94. The molecule has 0 radical (unpaired) electrons. The molecule has 4 N–H and O–H groups in total. The number of rotatable bonds is 4. The van der Waals surface area contributed by atoms with Crippen molar-refractivity contribution in [2.24, 2.45) is 0 Å². The number of nitrogens with two attached hydrogens (primary N) is 1. The molecule has 0 saturated carbocycles. The van der Waals surface area contributed by atoms with Crippen LogP contribution in [0.5, 0.6) is 5.75 Å². The summed E-state index contributed by atoms with van der Waals surface area (Å²) in [5.74, 6) is -0.0124. The molecule has 0 aliphatic carbocycles. The van der Waals surface area contributed by atoms with Gasteiger partial charge in [-0.1, -0.05) is 36.4 Å². The smallest absolute Gasteiger partial charge is 0.224 e. The number of phenols is 1. The SMILES string of the molecule is Nc1ccccc1CNC(=O)Cc1ccccc1O. The van der Waals surface area contributed by atoms with Crippen LogP contribution in [0.4, 0.5) is 5.69 Å². The second-order valence-electron chi connectivity index (χ2n) is 4.28. The summed E-state index contributed by atoms with van der Waals surface area (Å²) in [6, 6.07) is 14.2. The summed E-state index contributed by atoms with van der Waals surface area (Å²) in [4.78, 5) is 11.8. The van der Waals surface area contributed by atoms with Gasteiger partial charge in [0.05, 0.1) is 6.42 Å². The Labute approximate surface area is 111 Å². The Bertz CT molecular complexity index is 582. The highest BCUT2D eigenvalue weighted by Gasteiger charge is 2.07. The van der Waals surface area contributed by atoms with E-state index in [2.05, 4.69) is 5.32 Å². The van der Waals surface area contributed by atoms with E-state index in [1.54, 1.807) is 30.3 Å². The zero-order chi connectivity index (χ0) is 13.7. The van der Waals surface area contributed by atoms with Gasteiger partial charge in [-0.15, -0.1) is 0 Å². The van der Waals surface area contributed by atoms with E-state index in [0.717, 1.165) is 5.56 Å². The van der Waals surface area contributed by atoms with Crippen LogP contribution in [0.3, 0.4) is 0 Å². The lowest BCUT2D eigenvalue weighted by molar-refractivity contribution is -0.120. The van der Waals surface area contributed by atoms with Gasteiger partial charge in [-0.25, -0.2) is 0 Å². The van der Waals surface area contributed by atoms with Crippen LogP contribution < -0.4 is 11.1 Å². The van der Waals surface area contributed by atoms with Crippen molar-refractivity contribution < 1.29 is 9.90 Å². The molecule has 0 heterocycles. The molecule has 2 aromatic carbocycles. The van der Waals surface area contributed by atoms with Crippen LogP contribution in [-0.2, 0) is 17.8 Å². The van der Waals surface area contributed by atoms with Gasteiger partial charge >= 0.3 is 0 Å². The van der Waals surface area contributed by atoms with Crippen LogP contribution in [0, 0.1) is 0 Å². The molecule has 0 atom stereocenters. The number of phenolic OH excluding ortho intramolecular Hbond substituents is 1. The maximum Gasteiger partial charge on any atom is 0.224 e. The number of para-hydroxylation sites is 2. The maximum absolute atomic E-state index is 11.8. The first-order chi connectivity index (χ1) is 9.16. The summed E-state index contributed by atoms with van der Waals surface area (Å²) in [5, 5.41) is 12.4. The van der Waals surface area contributed by atoms with Gasteiger partial charge in [-0.2, -0.15) is 0 Å². The van der Waals surface area contributed by atoms with Crippen molar-refractivity contribution in [2.75, 3.05) is 5.73 Å². The lowest BCUT2D eigenvalue weighted by Crippen LogP contribution is -2.25. The van der Waals surface area contributed by atoms with Gasteiger partial charge in [0.15, 0.2) is 0 Å². The lowest BCUT2D eigenvalue weighted by Gasteiger charge is -2.08. The first-order valence-electron chi connectivity index (χ1n) is 6.04. The predicted octanol–water partition coefficient (Wildman–Crippen LogP) is 1.83. The highest BCUT2D eigenvalue weighted by molar-refractivity contribution is 5.79. The van der Waals surface area contributed by atoms with Gasteiger partial charge in [0.1, 0.15) is 5.75 Å².